The lowest BCUT2D eigenvalue weighted by atomic mass is 9.91. The van der Waals surface area contributed by atoms with Crippen molar-refractivity contribution in [2.45, 2.75) is 31.9 Å². The minimum atomic E-state index is -0.137. The molecule has 1 amide bonds. The average Bonchev–Trinajstić information content (AvgIpc) is 2.57. The van der Waals surface area contributed by atoms with Crippen LogP contribution in [0.2, 0.25) is 10.0 Å². The Morgan fingerprint density at radius 1 is 1.33 bits per heavy atom. The van der Waals surface area contributed by atoms with Gasteiger partial charge in [-0.2, -0.15) is 0 Å². The fourth-order valence-electron chi connectivity index (χ4n) is 3.38. The van der Waals surface area contributed by atoms with Gasteiger partial charge in [-0.05, 0) is 44.0 Å². The van der Waals surface area contributed by atoms with Gasteiger partial charge in [0.2, 0.25) is 5.91 Å². The fraction of sp³-hybridized carbons (Fsp3) is 0.588. The molecule has 134 valence electrons. The quantitative estimate of drug-likeness (QED) is 0.833. The van der Waals surface area contributed by atoms with E-state index in [0.717, 1.165) is 24.9 Å². The number of benzene rings is 1. The number of halogens is 3. The highest BCUT2D eigenvalue weighted by molar-refractivity contribution is 6.42. The Labute approximate surface area is 159 Å². The number of hydrogen-bond donors (Lipinski definition) is 1. The third-order valence-corrected chi connectivity index (χ3v) is 5.41. The molecule has 24 heavy (non-hydrogen) atoms. The van der Waals surface area contributed by atoms with E-state index in [1.807, 2.05) is 17.0 Å². The first-order valence-corrected chi connectivity index (χ1v) is 8.89. The first-order chi connectivity index (χ1) is 11.0. The fourth-order valence-corrected chi connectivity index (χ4v) is 3.68. The molecule has 0 aromatic heterocycles. The van der Waals surface area contributed by atoms with Crippen molar-refractivity contribution in [1.82, 2.24) is 10.2 Å². The lowest BCUT2D eigenvalue weighted by Crippen LogP contribution is -2.48. The Kier molecular flexibility index (Phi) is 7.20. The molecule has 1 unspecified atom stereocenters. The molecule has 2 aliphatic rings. The topological polar surface area (TPSA) is 41.6 Å². The number of amides is 1. The summed E-state index contributed by atoms with van der Waals surface area (Å²) in [7, 11) is 0. The molecule has 3 atom stereocenters. The van der Waals surface area contributed by atoms with Gasteiger partial charge < -0.3 is 15.0 Å². The zero-order valence-electron chi connectivity index (χ0n) is 13.6. The molecule has 1 aromatic carbocycles. The molecule has 0 radical (unpaired) electrons. The number of ether oxygens (including phenoxy) is 1. The highest BCUT2D eigenvalue weighted by Crippen LogP contribution is 2.30. The van der Waals surface area contributed by atoms with E-state index in [1.54, 1.807) is 6.07 Å². The van der Waals surface area contributed by atoms with Crippen LogP contribution < -0.4 is 5.32 Å². The summed E-state index contributed by atoms with van der Waals surface area (Å²) in [5.41, 5.74) is 0.968. The van der Waals surface area contributed by atoms with Gasteiger partial charge in [0, 0.05) is 18.5 Å². The number of nitrogens with one attached hydrogen (secondary N) is 1. The summed E-state index contributed by atoms with van der Waals surface area (Å²) in [5.74, 6) is 0.380. The molecule has 7 heteroatoms. The van der Waals surface area contributed by atoms with Gasteiger partial charge in [-0.3, -0.25) is 4.79 Å². The van der Waals surface area contributed by atoms with Crippen molar-refractivity contribution < 1.29 is 9.53 Å². The van der Waals surface area contributed by atoms with Gasteiger partial charge in [0.15, 0.2) is 0 Å². The monoisotopic (exact) mass is 392 g/mol. The molecule has 0 aliphatic carbocycles. The van der Waals surface area contributed by atoms with Crippen molar-refractivity contribution >= 4 is 41.5 Å². The van der Waals surface area contributed by atoms with E-state index >= 15 is 0 Å². The Morgan fingerprint density at radius 3 is 2.83 bits per heavy atom. The van der Waals surface area contributed by atoms with Gasteiger partial charge in [0.1, 0.15) is 6.10 Å². The largest absolute Gasteiger partial charge is 0.370 e. The van der Waals surface area contributed by atoms with Gasteiger partial charge in [0.25, 0.3) is 0 Å². The maximum Gasteiger partial charge on any atom is 0.225 e. The van der Waals surface area contributed by atoms with Crippen LogP contribution in [-0.4, -0.2) is 43.1 Å². The highest BCUT2D eigenvalue weighted by atomic mass is 35.5. The summed E-state index contributed by atoms with van der Waals surface area (Å²) in [6, 6.07) is 5.93. The second kappa shape index (κ2) is 8.72. The van der Waals surface area contributed by atoms with Crippen LogP contribution in [0.25, 0.3) is 0 Å². The molecule has 0 bridgehead atoms. The normalized spacial score (nSPS) is 27.5. The van der Waals surface area contributed by atoms with E-state index in [1.165, 1.54) is 0 Å². The molecule has 2 aliphatic heterocycles. The van der Waals surface area contributed by atoms with Gasteiger partial charge in [-0.25, -0.2) is 0 Å². The minimum Gasteiger partial charge on any atom is -0.370 e. The summed E-state index contributed by atoms with van der Waals surface area (Å²) >= 11 is 12.1. The first kappa shape index (κ1) is 19.8. The first-order valence-electron chi connectivity index (χ1n) is 8.13. The van der Waals surface area contributed by atoms with Crippen molar-refractivity contribution in [3.8, 4) is 0 Å². The molecule has 4 nitrogen and oxygen atoms in total. The van der Waals surface area contributed by atoms with Crippen molar-refractivity contribution in [3.05, 3.63) is 33.8 Å². The molecule has 2 saturated heterocycles. The van der Waals surface area contributed by atoms with E-state index in [4.69, 9.17) is 27.9 Å². The van der Waals surface area contributed by atoms with Crippen LogP contribution in [0.1, 0.15) is 31.4 Å². The smallest absolute Gasteiger partial charge is 0.225 e. The average molecular weight is 394 g/mol. The number of carbonyl (C=O) groups excluding carboxylic acids is 1. The number of morpholine rings is 1. The van der Waals surface area contributed by atoms with Gasteiger partial charge in [-0.15, -0.1) is 12.4 Å². The van der Waals surface area contributed by atoms with Gasteiger partial charge in [-0.1, -0.05) is 29.3 Å². The molecule has 0 spiro atoms. The van der Waals surface area contributed by atoms with Crippen LogP contribution in [0.5, 0.6) is 0 Å². The predicted octanol–water partition coefficient (Wildman–Crippen LogP) is 3.70. The number of hydrogen-bond acceptors (Lipinski definition) is 3. The van der Waals surface area contributed by atoms with Crippen molar-refractivity contribution in [2.75, 3.05) is 26.2 Å². The zero-order valence-corrected chi connectivity index (χ0v) is 16.0. The molecule has 1 N–H and O–H groups in total. The number of nitrogens with zero attached hydrogens (tertiary/aromatic N) is 1. The zero-order chi connectivity index (χ0) is 16.4. The lowest BCUT2D eigenvalue weighted by Gasteiger charge is -2.37. The Balaban J connectivity index is 0.00000208. The standard InChI is InChI=1S/C17H22Cl2N2O2.ClH/c1-11-8-13(4-5-20-11)17(22)21-6-7-23-16(10-21)12-2-3-14(18)15(19)9-12;/h2-3,9,11,13,16,20H,4-8,10H2,1H3;1H/t11-,13-,16?;/m0./s1. The summed E-state index contributed by atoms with van der Waals surface area (Å²) in [6.07, 6.45) is 1.69. The van der Waals surface area contributed by atoms with Crippen LogP contribution >= 0.6 is 35.6 Å². The van der Waals surface area contributed by atoms with E-state index in [-0.39, 0.29) is 30.3 Å². The van der Waals surface area contributed by atoms with Crippen molar-refractivity contribution in [3.63, 3.8) is 0 Å². The van der Waals surface area contributed by atoms with Crippen LogP contribution in [0, 0.1) is 5.92 Å². The van der Waals surface area contributed by atoms with Crippen LogP contribution in [0.4, 0.5) is 0 Å². The summed E-state index contributed by atoms with van der Waals surface area (Å²) in [4.78, 5) is 14.7. The molecule has 2 heterocycles. The number of piperidine rings is 1. The lowest BCUT2D eigenvalue weighted by molar-refractivity contribution is -0.144. The summed E-state index contributed by atoms with van der Waals surface area (Å²) in [6.45, 7) is 4.84. The Morgan fingerprint density at radius 2 is 2.12 bits per heavy atom. The van der Waals surface area contributed by atoms with E-state index in [0.29, 0.717) is 35.8 Å². The van der Waals surface area contributed by atoms with Crippen LogP contribution in [0.15, 0.2) is 18.2 Å². The number of rotatable bonds is 2. The van der Waals surface area contributed by atoms with Gasteiger partial charge >= 0.3 is 0 Å². The maximum absolute atomic E-state index is 12.8. The van der Waals surface area contributed by atoms with E-state index in [9.17, 15) is 4.79 Å². The van der Waals surface area contributed by atoms with Crippen LogP contribution in [-0.2, 0) is 9.53 Å². The third-order valence-electron chi connectivity index (χ3n) is 4.67. The minimum absolute atomic E-state index is 0. The predicted molar refractivity (Wildman–Crippen MR) is 99.2 cm³/mol. The molecule has 0 saturated carbocycles. The molecular formula is C17H23Cl3N2O2. The maximum atomic E-state index is 12.8. The molecule has 3 rings (SSSR count). The van der Waals surface area contributed by atoms with Gasteiger partial charge in [0.05, 0.1) is 23.2 Å². The molecule has 1 aromatic rings. The summed E-state index contributed by atoms with van der Waals surface area (Å²) in [5, 5.41) is 4.44. The highest BCUT2D eigenvalue weighted by Gasteiger charge is 2.32. The van der Waals surface area contributed by atoms with E-state index in [2.05, 4.69) is 12.2 Å². The van der Waals surface area contributed by atoms with Crippen LogP contribution in [0.3, 0.4) is 0 Å². The second-order valence-corrected chi connectivity index (χ2v) is 7.21. The van der Waals surface area contributed by atoms with Crippen molar-refractivity contribution in [2.24, 2.45) is 5.92 Å². The Hall–Kier alpha value is -0.520. The second-order valence-electron chi connectivity index (χ2n) is 6.39. The van der Waals surface area contributed by atoms with E-state index < -0.39 is 0 Å². The third kappa shape index (κ3) is 4.55. The SMILES string of the molecule is C[C@H]1C[C@@H](C(=O)N2CCOC(c3ccc(Cl)c(Cl)c3)C2)CCN1.Cl. The summed E-state index contributed by atoms with van der Waals surface area (Å²) < 4.78 is 5.84. The van der Waals surface area contributed by atoms with Crippen molar-refractivity contribution in [1.29, 1.82) is 0 Å². The number of carbonyl (C=O) groups is 1. The Bertz CT molecular complexity index is 585. The molecular weight excluding hydrogens is 371 g/mol. The molecule has 2 fully saturated rings.